The number of hydrogen-bond donors (Lipinski definition) is 12. The van der Waals surface area contributed by atoms with Gasteiger partial charge < -0.3 is 80.5 Å². The second kappa shape index (κ2) is 32.0. The molecular weight excluding hydrogens is 894 g/mol. The largest absolute Gasteiger partial charge is 0.462 e. The summed E-state index contributed by atoms with van der Waals surface area (Å²) in [6.07, 6.45) is 6.53. The Kier molecular flexibility index (Phi) is 28.7. The van der Waals surface area contributed by atoms with E-state index in [1.165, 1.54) is 0 Å². The summed E-state index contributed by atoms with van der Waals surface area (Å²) in [5, 5.41) is 114. The molecule has 3 heterocycles. The summed E-state index contributed by atoms with van der Waals surface area (Å²) in [5.41, 5.74) is 6.06. The quantitative estimate of drug-likeness (QED) is 0.109. The fraction of sp³-hybridized carbons (Fsp3) is 0.714. The third-order valence-electron chi connectivity index (χ3n) is 12.7. The third kappa shape index (κ3) is 21.5. The number of carbonyl (C=O) groups is 2. The topological polar surface area (TPSA) is 320 Å². The molecule has 2 bridgehead atoms. The Bertz CT molecular complexity index is 1610. The van der Waals surface area contributed by atoms with Gasteiger partial charge in [-0.3, -0.25) is 4.79 Å². The minimum atomic E-state index is -2.15. The standard InChI is InChI=1S/C49H79NO16.FHO/c1-30-18-16-14-12-10-8-6-5-7-9-11-13-15-17-19-37(65-48-47(61)44(50)46(60)33(4)64-48)27-42-38(29-51)39(55)22-23-49(62,66-42)28-41(57)40(56)21-20-34(52)24-35(53)25-36(54)26-43(58)63-32(3)31(2)45(30)59;1-2/h5-6,9,11-19,29-42,44-48,52-57,59-62H,7-8,10,20-28,50H2,1-4H3;2H/b6-5+,11-9+,14-12+,15-13+,18-16+,19-17+;/t30-,31-,32-,33-,34+,35+,36+,37-,38+,39-,40+,41+,42-,44+,45?,46-,47+,48?,49?;/m0./s1. The van der Waals surface area contributed by atoms with Crippen molar-refractivity contribution in [2.24, 2.45) is 23.5 Å². The molecule has 3 unspecified atom stereocenters. The summed E-state index contributed by atoms with van der Waals surface area (Å²) in [6.45, 7) is 6.86. The molecule has 0 radical (unpaired) electrons. The molecule has 3 aliphatic heterocycles. The number of cyclic esters (lactones) is 1. The van der Waals surface area contributed by atoms with Crippen LogP contribution >= 0.6 is 0 Å². The molecule has 0 aromatic rings. The SMILES string of the molecule is C[C@@H]1OC(O[C@H]2/C=C/C=C/C=C/C/C=C/CC/C=C/C=C/[C@H](C)C(O)[C@@H](C)[C@H](C)OC(=O)C[C@H](O)C[C@H](O)C[C@H](O)CC[C@@H](O)[C@H](O)CC3(O)CC[C@H](O)[C@@H](C=O)[C@H](C2)O3)[C@H](O)[C@H](N)[C@H]1O.OF. The van der Waals surface area contributed by atoms with Crippen LogP contribution in [0.3, 0.4) is 0 Å². The number of nitrogens with two attached hydrogens (primary N) is 1. The predicted octanol–water partition coefficient (Wildman–Crippen LogP) is 1.69. The molecule has 390 valence electrons. The summed E-state index contributed by atoms with van der Waals surface area (Å²) in [5.74, 6) is -4.69. The second-order valence-electron chi connectivity index (χ2n) is 18.4. The first-order chi connectivity index (χ1) is 32.2. The van der Waals surface area contributed by atoms with Gasteiger partial charge in [0.05, 0.1) is 85.5 Å². The molecule has 68 heavy (non-hydrogen) atoms. The van der Waals surface area contributed by atoms with Crippen LogP contribution in [0.2, 0.25) is 0 Å². The molecule has 0 aliphatic carbocycles. The van der Waals surface area contributed by atoms with E-state index in [1.54, 1.807) is 45.1 Å². The van der Waals surface area contributed by atoms with Gasteiger partial charge in [0.2, 0.25) is 0 Å². The first kappa shape index (κ1) is 61.0. The maximum absolute atomic E-state index is 12.7. The molecule has 19 heteroatoms. The van der Waals surface area contributed by atoms with Gasteiger partial charge in [-0.15, -0.1) is 0 Å². The Morgan fingerprint density at radius 1 is 0.706 bits per heavy atom. The van der Waals surface area contributed by atoms with E-state index in [4.69, 9.17) is 34.5 Å². The van der Waals surface area contributed by atoms with Gasteiger partial charge in [-0.25, -0.2) is 5.31 Å². The lowest BCUT2D eigenvalue weighted by atomic mass is 9.89. The summed E-state index contributed by atoms with van der Waals surface area (Å²) in [4.78, 5) is 25.1. The van der Waals surface area contributed by atoms with Crippen molar-refractivity contribution in [2.45, 2.75) is 202 Å². The van der Waals surface area contributed by atoms with Crippen molar-refractivity contribution in [1.29, 1.82) is 0 Å². The number of aliphatic hydroxyl groups is 10. The van der Waals surface area contributed by atoms with Gasteiger partial charge in [0, 0.05) is 31.1 Å². The summed E-state index contributed by atoms with van der Waals surface area (Å²) in [6, 6.07) is -1.10. The molecule has 0 spiro atoms. The Balaban J connectivity index is 0.00000782. The smallest absolute Gasteiger partial charge is 0.308 e. The van der Waals surface area contributed by atoms with Crippen molar-refractivity contribution in [3.63, 3.8) is 0 Å². The summed E-state index contributed by atoms with van der Waals surface area (Å²) >= 11 is 0. The lowest BCUT2D eigenvalue weighted by Gasteiger charge is -2.41. The van der Waals surface area contributed by atoms with Crippen molar-refractivity contribution in [1.82, 2.24) is 0 Å². The zero-order valence-electron chi connectivity index (χ0n) is 39.7. The molecule has 19 atom stereocenters. The van der Waals surface area contributed by atoms with E-state index in [0.717, 1.165) is 12.8 Å². The molecule has 18 nitrogen and oxygen atoms in total. The van der Waals surface area contributed by atoms with Crippen LogP contribution in [0.5, 0.6) is 0 Å². The average molecular weight is 974 g/mol. The van der Waals surface area contributed by atoms with Crippen molar-refractivity contribution >= 4 is 12.3 Å². The number of ether oxygens (including phenoxy) is 4. The predicted molar refractivity (Wildman–Crippen MR) is 248 cm³/mol. The fourth-order valence-electron chi connectivity index (χ4n) is 8.27. The molecule has 0 amide bonds. The van der Waals surface area contributed by atoms with E-state index in [1.807, 2.05) is 49.5 Å². The summed E-state index contributed by atoms with van der Waals surface area (Å²) in [7, 11) is 0. The number of aldehydes is 1. The number of esters is 1. The number of halogens is 1. The average Bonchev–Trinajstić information content (AvgIpc) is 3.40. The normalized spacial score (nSPS) is 43.9. The Morgan fingerprint density at radius 3 is 2.06 bits per heavy atom. The van der Waals surface area contributed by atoms with Gasteiger partial charge in [-0.05, 0) is 65.2 Å². The van der Waals surface area contributed by atoms with Crippen LogP contribution in [0.4, 0.5) is 4.53 Å². The summed E-state index contributed by atoms with van der Waals surface area (Å²) < 4.78 is 32.0. The Labute approximate surface area is 399 Å². The maximum Gasteiger partial charge on any atom is 0.308 e. The zero-order valence-corrected chi connectivity index (χ0v) is 39.7. The van der Waals surface area contributed by atoms with Crippen LogP contribution in [0.1, 0.15) is 105 Å². The van der Waals surface area contributed by atoms with Gasteiger partial charge >= 0.3 is 5.97 Å². The Morgan fingerprint density at radius 2 is 1.35 bits per heavy atom. The lowest BCUT2D eigenvalue weighted by molar-refractivity contribution is -0.285. The third-order valence-corrected chi connectivity index (χ3v) is 12.7. The van der Waals surface area contributed by atoms with Crippen molar-refractivity contribution in [3.05, 3.63) is 72.9 Å². The van der Waals surface area contributed by atoms with Crippen LogP contribution in [0.15, 0.2) is 72.9 Å². The number of aliphatic hydroxyl groups excluding tert-OH is 9. The van der Waals surface area contributed by atoms with Crippen LogP contribution < -0.4 is 5.73 Å². The van der Waals surface area contributed by atoms with E-state index < -0.39 is 128 Å². The molecule has 0 aromatic heterocycles. The van der Waals surface area contributed by atoms with Gasteiger partial charge in [-0.2, -0.15) is 0 Å². The molecule has 2 saturated heterocycles. The van der Waals surface area contributed by atoms with Crippen molar-refractivity contribution in [3.8, 4) is 0 Å². The monoisotopic (exact) mass is 974 g/mol. The highest BCUT2D eigenvalue weighted by Gasteiger charge is 2.46. The minimum absolute atomic E-state index is 0.0933. The van der Waals surface area contributed by atoms with Crippen LogP contribution in [0, 0.1) is 17.8 Å². The van der Waals surface area contributed by atoms with E-state index >= 15 is 0 Å². The van der Waals surface area contributed by atoms with E-state index in [-0.39, 0.29) is 50.9 Å². The van der Waals surface area contributed by atoms with E-state index in [0.29, 0.717) is 12.7 Å². The highest BCUT2D eigenvalue weighted by atomic mass is 19.3. The van der Waals surface area contributed by atoms with Gasteiger partial charge in [0.25, 0.3) is 0 Å². The van der Waals surface area contributed by atoms with Gasteiger partial charge in [0.15, 0.2) is 12.1 Å². The van der Waals surface area contributed by atoms with Crippen molar-refractivity contribution in [2.75, 3.05) is 0 Å². The van der Waals surface area contributed by atoms with Gasteiger partial charge in [0.1, 0.15) is 18.5 Å². The number of carbonyl (C=O) groups excluding carboxylic acids is 2. The van der Waals surface area contributed by atoms with Crippen LogP contribution in [-0.2, 0) is 28.5 Å². The molecule has 13 N–H and O–H groups in total. The highest BCUT2D eigenvalue weighted by molar-refractivity contribution is 5.70. The molecule has 3 aliphatic rings. The Hall–Kier alpha value is -3.09. The zero-order chi connectivity index (χ0) is 51.0. The van der Waals surface area contributed by atoms with Crippen LogP contribution in [-0.4, -0.2) is 166 Å². The first-order valence-electron chi connectivity index (χ1n) is 23.6. The van der Waals surface area contributed by atoms with Crippen molar-refractivity contribution < 1.29 is 89.4 Å². The van der Waals surface area contributed by atoms with E-state index in [2.05, 4.69) is 6.08 Å². The molecule has 3 rings (SSSR count). The number of fused-ring (bicyclic) bond motifs is 2. The molecule has 0 saturated carbocycles. The second-order valence-corrected chi connectivity index (χ2v) is 18.4. The molecular formula is C49H80FNO17. The van der Waals surface area contributed by atoms with E-state index in [9.17, 15) is 60.7 Å². The molecule has 0 aromatic carbocycles. The molecule has 2 fully saturated rings. The highest BCUT2D eigenvalue weighted by Crippen LogP contribution is 2.36. The number of rotatable bonds is 3. The number of hydrogen-bond acceptors (Lipinski definition) is 18. The maximum atomic E-state index is 12.7. The minimum Gasteiger partial charge on any atom is -0.462 e. The van der Waals surface area contributed by atoms with Gasteiger partial charge in [-0.1, -0.05) is 91.3 Å². The number of allylic oxidation sites excluding steroid dienone is 10. The fourth-order valence-corrected chi connectivity index (χ4v) is 8.27. The first-order valence-corrected chi connectivity index (χ1v) is 23.6. The lowest BCUT2D eigenvalue weighted by Crippen LogP contribution is -2.61. The van der Waals surface area contributed by atoms with Crippen LogP contribution in [0.25, 0.3) is 0 Å².